The van der Waals surface area contributed by atoms with Crippen molar-refractivity contribution in [1.29, 1.82) is 0 Å². The van der Waals surface area contributed by atoms with E-state index in [1.54, 1.807) is 18.4 Å². The first-order chi connectivity index (χ1) is 13.0. The number of halogens is 1. The van der Waals surface area contributed by atoms with E-state index in [0.717, 1.165) is 11.1 Å². The summed E-state index contributed by atoms with van der Waals surface area (Å²) in [5, 5.41) is 2.43. The minimum Gasteiger partial charge on any atom is -0.464 e. The molecule has 0 saturated carbocycles. The molecule has 0 unspecified atom stereocenters. The summed E-state index contributed by atoms with van der Waals surface area (Å²) < 4.78 is 18.8. The first kappa shape index (κ1) is 17.6. The predicted octanol–water partition coefficient (Wildman–Crippen LogP) is 4.58. The van der Waals surface area contributed by atoms with Crippen molar-refractivity contribution < 1.29 is 8.81 Å². The topological polar surface area (TPSA) is 62.1 Å². The Morgan fingerprint density at radius 1 is 1.33 bits per heavy atom. The van der Waals surface area contributed by atoms with Crippen LogP contribution in [-0.4, -0.2) is 21.9 Å². The lowest BCUT2D eigenvalue weighted by molar-refractivity contribution is 0.243. The summed E-state index contributed by atoms with van der Waals surface area (Å²) in [4.78, 5) is 22.9. The van der Waals surface area contributed by atoms with Crippen LogP contribution in [0, 0.1) is 5.82 Å². The minimum absolute atomic E-state index is 0.139. The highest BCUT2D eigenvalue weighted by Gasteiger charge is 2.19. The van der Waals surface area contributed by atoms with Crippen LogP contribution in [0.1, 0.15) is 24.4 Å². The Hall–Kier alpha value is -2.77. The van der Waals surface area contributed by atoms with Crippen molar-refractivity contribution in [3.63, 3.8) is 0 Å². The lowest BCUT2D eigenvalue weighted by atomic mass is 10.1. The minimum atomic E-state index is -0.259. The van der Waals surface area contributed by atoms with Crippen LogP contribution in [0.2, 0.25) is 0 Å². The zero-order valence-corrected chi connectivity index (χ0v) is 15.7. The van der Waals surface area contributed by atoms with Crippen molar-refractivity contribution in [3.8, 4) is 11.3 Å². The van der Waals surface area contributed by atoms with Crippen LogP contribution in [0.5, 0.6) is 0 Å². The molecule has 0 fully saturated rings. The number of thiophene rings is 1. The normalized spacial score (nSPS) is 12.7. The van der Waals surface area contributed by atoms with E-state index in [9.17, 15) is 9.18 Å². The summed E-state index contributed by atoms with van der Waals surface area (Å²) in [6.45, 7) is 2.51. The van der Waals surface area contributed by atoms with Gasteiger partial charge in [0.05, 0.1) is 17.7 Å². The third kappa shape index (κ3) is 3.43. The molecule has 138 valence electrons. The fourth-order valence-electron chi connectivity index (χ4n) is 3.05. The van der Waals surface area contributed by atoms with Gasteiger partial charge < -0.3 is 9.40 Å². The molecule has 0 aliphatic rings. The van der Waals surface area contributed by atoms with Crippen LogP contribution >= 0.6 is 11.3 Å². The molecular formula is C20H18FN3O2S. The fraction of sp³-hybridized carbons (Fsp3) is 0.200. The van der Waals surface area contributed by atoms with E-state index in [1.165, 1.54) is 23.5 Å². The van der Waals surface area contributed by atoms with Gasteiger partial charge in [0.25, 0.3) is 5.56 Å². The van der Waals surface area contributed by atoms with Crippen molar-refractivity contribution in [3.05, 3.63) is 75.6 Å². The van der Waals surface area contributed by atoms with Gasteiger partial charge in [-0.1, -0.05) is 12.1 Å². The highest BCUT2D eigenvalue weighted by atomic mass is 32.1. The number of furan rings is 1. The number of rotatable bonds is 5. The maximum absolute atomic E-state index is 13.4. The second-order valence-corrected chi connectivity index (χ2v) is 7.34. The maximum atomic E-state index is 13.4. The van der Waals surface area contributed by atoms with Gasteiger partial charge in [-0.25, -0.2) is 9.37 Å². The van der Waals surface area contributed by atoms with Gasteiger partial charge >= 0.3 is 0 Å². The van der Waals surface area contributed by atoms with Gasteiger partial charge in [0.2, 0.25) is 0 Å². The lowest BCUT2D eigenvalue weighted by Crippen LogP contribution is -2.25. The molecule has 3 aromatic heterocycles. The smallest absolute Gasteiger partial charge is 0.260 e. The Bertz CT molecular complexity index is 1130. The summed E-state index contributed by atoms with van der Waals surface area (Å²) in [7, 11) is 1.92. The van der Waals surface area contributed by atoms with Gasteiger partial charge in [-0.05, 0) is 43.8 Å². The Morgan fingerprint density at radius 2 is 2.19 bits per heavy atom. The largest absolute Gasteiger partial charge is 0.464 e. The van der Waals surface area contributed by atoms with E-state index in [0.29, 0.717) is 28.3 Å². The first-order valence-electron chi connectivity index (χ1n) is 8.53. The second-order valence-electron chi connectivity index (χ2n) is 6.48. The molecule has 0 aliphatic heterocycles. The van der Waals surface area contributed by atoms with Crippen LogP contribution in [0.15, 0.2) is 57.3 Å². The highest BCUT2D eigenvalue weighted by Crippen LogP contribution is 2.31. The van der Waals surface area contributed by atoms with Crippen LogP contribution in [0.25, 0.3) is 21.5 Å². The summed E-state index contributed by atoms with van der Waals surface area (Å²) in [6, 6.07) is 9.98. The quantitative estimate of drug-likeness (QED) is 0.548. The van der Waals surface area contributed by atoms with E-state index in [1.807, 2.05) is 36.4 Å². The number of fused-ring (bicyclic) bond motifs is 1. The molecule has 0 aliphatic carbocycles. The summed E-state index contributed by atoms with van der Waals surface area (Å²) >= 11 is 1.42. The monoisotopic (exact) mass is 383 g/mol. The summed E-state index contributed by atoms with van der Waals surface area (Å²) in [5.41, 5.74) is 1.43. The molecule has 4 aromatic rings. The van der Waals surface area contributed by atoms with Crippen LogP contribution in [-0.2, 0) is 6.54 Å². The van der Waals surface area contributed by atoms with E-state index in [-0.39, 0.29) is 17.4 Å². The molecule has 1 N–H and O–H groups in total. The number of nitrogens with zero attached hydrogens (tertiary/aromatic N) is 2. The van der Waals surface area contributed by atoms with Crippen molar-refractivity contribution in [2.75, 3.05) is 7.05 Å². The second kappa shape index (κ2) is 7.09. The molecule has 0 amide bonds. The Morgan fingerprint density at radius 3 is 2.93 bits per heavy atom. The van der Waals surface area contributed by atoms with Gasteiger partial charge in [-0.3, -0.25) is 9.69 Å². The number of hydrogen-bond donors (Lipinski definition) is 1. The molecule has 0 saturated heterocycles. The molecule has 1 atom stereocenters. The van der Waals surface area contributed by atoms with Gasteiger partial charge in [0.15, 0.2) is 0 Å². The van der Waals surface area contributed by atoms with Crippen molar-refractivity contribution in [2.45, 2.75) is 19.5 Å². The van der Waals surface area contributed by atoms with Gasteiger partial charge in [-0.2, -0.15) is 0 Å². The predicted molar refractivity (Wildman–Crippen MR) is 104 cm³/mol. The third-order valence-corrected chi connectivity index (χ3v) is 5.50. The number of benzene rings is 1. The Balaban J connectivity index is 1.64. The van der Waals surface area contributed by atoms with E-state index in [2.05, 4.69) is 9.97 Å². The molecule has 5 nitrogen and oxygen atoms in total. The molecule has 7 heteroatoms. The molecule has 0 spiro atoms. The van der Waals surface area contributed by atoms with E-state index < -0.39 is 0 Å². The Labute approximate surface area is 159 Å². The van der Waals surface area contributed by atoms with Crippen LogP contribution in [0.4, 0.5) is 4.39 Å². The SMILES string of the molecule is C[C@H](c1nc2scc(-c3ccco3)c2c(=O)[nH]1)N(C)Cc1cccc(F)c1. The molecule has 0 radical (unpaired) electrons. The van der Waals surface area contributed by atoms with Crippen molar-refractivity contribution in [1.82, 2.24) is 14.9 Å². The standard InChI is InChI=1S/C20H18FN3O2S/c1-12(24(2)10-13-5-3-6-14(21)9-13)18-22-19(25)17-15(11-27-20(17)23-18)16-7-4-8-26-16/h3-9,11-12H,10H2,1-2H3,(H,22,23,25)/t12-/m1/s1. The van der Waals surface area contributed by atoms with Crippen LogP contribution in [0.3, 0.4) is 0 Å². The maximum Gasteiger partial charge on any atom is 0.260 e. The number of aromatic amines is 1. The fourth-order valence-corrected chi connectivity index (χ4v) is 3.98. The highest BCUT2D eigenvalue weighted by molar-refractivity contribution is 7.17. The zero-order chi connectivity index (χ0) is 19.0. The number of nitrogens with one attached hydrogen (secondary N) is 1. The van der Waals surface area contributed by atoms with Gasteiger partial charge in [0, 0.05) is 17.5 Å². The van der Waals surface area contributed by atoms with E-state index in [4.69, 9.17) is 4.42 Å². The summed E-state index contributed by atoms with van der Waals surface area (Å²) in [6.07, 6.45) is 1.58. The van der Waals surface area contributed by atoms with Gasteiger partial charge in [-0.15, -0.1) is 11.3 Å². The number of H-pyrrole nitrogens is 1. The average Bonchev–Trinajstić information content (AvgIpc) is 3.30. The van der Waals surface area contributed by atoms with Crippen molar-refractivity contribution in [2.24, 2.45) is 0 Å². The van der Waals surface area contributed by atoms with Crippen molar-refractivity contribution >= 4 is 21.6 Å². The molecule has 3 heterocycles. The molecule has 0 bridgehead atoms. The Kier molecular flexibility index (Phi) is 4.63. The molecule has 27 heavy (non-hydrogen) atoms. The van der Waals surface area contributed by atoms with E-state index >= 15 is 0 Å². The first-order valence-corrected chi connectivity index (χ1v) is 9.41. The van der Waals surface area contributed by atoms with Gasteiger partial charge in [0.1, 0.15) is 22.2 Å². The molecule has 4 rings (SSSR count). The number of aromatic nitrogens is 2. The third-order valence-electron chi connectivity index (χ3n) is 4.63. The van der Waals surface area contributed by atoms with Crippen LogP contribution < -0.4 is 5.56 Å². The lowest BCUT2D eigenvalue weighted by Gasteiger charge is -2.24. The zero-order valence-electron chi connectivity index (χ0n) is 14.9. The number of hydrogen-bond acceptors (Lipinski definition) is 5. The molecule has 1 aromatic carbocycles. The molecular weight excluding hydrogens is 365 g/mol. The average molecular weight is 383 g/mol. The summed E-state index contributed by atoms with van der Waals surface area (Å²) in [5.74, 6) is 0.974.